The molecule has 114 valence electrons. The van der Waals surface area contributed by atoms with Gasteiger partial charge in [0.25, 0.3) is 0 Å². The molecule has 1 atom stereocenters. The zero-order valence-corrected chi connectivity index (χ0v) is 13.1. The third kappa shape index (κ3) is 2.89. The van der Waals surface area contributed by atoms with Crippen molar-refractivity contribution in [1.29, 1.82) is 0 Å². The fourth-order valence-electron chi connectivity index (χ4n) is 3.70. The highest BCUT2D eigenvalue weighted by Gasteiger charge is 2.28. The van der Waals surface area contributed by atoms with E-state index < -0.39 is 0 Å². The predicted octanol–water partition coefficient (Wildman–Crippen LogP) is 3.06. The highest BCUT2D eigenvalue weighted by atomic mass is 16.2. The van der Waals surface area contributed by atoms with Crippen LogP contribution >= 0.6 is 0 Å². The molecule has 0 bridgehead atoms. The number of aryl methyl sites for hydroxylation is 1. The number of piperidine rings is 1. The van der Waals surface area contributed by atoms with E-state index in [9.17, 15) is 4.79 Å². The quantitative estimate of drug-likeness (QED) is 0.839. The summed E-state index contributed by atoms with van der Waals surface area (Å²) < 4.78 is 0. The fraction of sp³-hybridized carbons (Fsp3) is 0.647. The number of carbonyl (C=O) groups is 1. The van der Waals surface area contributed by atoms with Gasteiger partial charge in [-0.15, -0.1) is 0 Å². The minimum absolute atomic E-state index is 0.176. The van der Waals surface area contributed by atoms with Crippen LogP contribution in [0.3, 0.4) is 0 Å². The number of pyridine rings is 1. The van der Waals surface area contributed by atoms with Crippen molar-refractivity contribution < 1.29 is 4.79 Å². The first-order valence-electron chi connectivity index (χ1n) is 8.15. The molecule has 2 fully saturated rings. The van der Waals surface area contributed by atoms with Crippen molar-refractivity contribution in [3.8, 4) is 0 Å². The van der Waals surface area contributed by atoms with E-state index in [4.69, 9.17) is 4.98 Å². The molecule has 4 heteroatoms. The van der Waals surface area contributed by atoms with Gasteiger partial charge in [-0.2, -0.15) is 0 Å². The standard InChI is InChI=1S/C17H25N3O/c1-13-11-15(16-7-6-10-20(16)14(2)21)12-18-17(13)19-8-4-3-5-9-19/h11-12,16H,3-10H2,1-2H3. The first-order chi connectivity index (χ1) is 10.2. The minimum atomic E-state index is 0.176. The van der Waals surface area contributed by atoms with Crippen molar-refractivity contribution in [2.75, 3.05) is 24.5 Å². The van der Waals surface area contributed by atoms with Gasteiger partial charge in [0.2, 0.25) is 5.91 Å². The molecular weight excluding hydrogens is 262 g/mol. The highest BCUT2D eigenvalue weighted by Crippen LogP contribution is 2.33. The lowest BCUT2D eigenvalue weighted by atomic mass is 10.0. The summed E-state index contributed by atoms with van der Waals surface area (Å²) in [6, 6.07) is 2.46. The number of likely N-dealkylation sites (tertiary alicyclic amines) is 1. The number of hydrogen-bond acceptors (Lipinski definition) is 3. The Morgan fingerprint density at radius 1 is 1.19 bits per heavy atom. The molecule has 1 unspecified atom stereocenters. The number of nitrogens with zero attached hydrogens (tertiary/aromatic N) is 3. The molecule has 1 aromatic rings. The van der Waals surface area contributed by atoms with E-state index >= 15 is 0 Å². The van der Waals surface area contributed by atoms with Gasteiger partial charge in [-0.25, -0.2) is 4.98 Å². The molecular formula is C17H25N3O. The van der Waals surface area contributed by atoms with Crippen LogP contribution in [-0.2, 0) is 4.79 Å². The smallest absolute Gasteiger partial charge is 0.219 e. The van der Waals surface area contributed by atoms with Crippen LogP contribution in [0, 0.1) is 6.92 Å². The number of aromatic nitrogens is 1. The molecule has 2 aliphatic rings. The Morgan fingerprint density at radius 3 is 2.62 bits per heavy atom. The Balaban J connectivity index is 1.82. The van der Waals surface area contributed by atoms with E-state index in [0.29, 0.717) is 0 Å². The Bertz CT molecular complexity index is 523. The summed E-state index contributed by atoms with van der Waals surface area (Å²) in [5, 5.41) is 0. The predicted molar refractivity (Wildman–Crippen MR) is 84.4 cm³/mol. The number of hydrogen-bond donors (Lipinski definition) is 0. The maximum absolute atomic E-state index is 11.7. The Kier molecular flexibility index (Phi) is 4.13. The summed E-state index contributed by atoms with van der Waals surface area (Å²) in [5.41, 5.74) is 2.44. The van der Waals surface area contributed by atoms with Crippen molar-refractivity contribution >= 4 is 11.7 Å². The van der Waals surface area contributed by atoms with Gasteiger partial charge in [0, 0.05) is 32.8 Å². The number of anilines is 1. The van der Waals surface area contributed by atoms with E-state index in [1.54, 1.807) is 6.92 Å². The maximum atomic E-state index is 11.7. The van der Waals surface area contributed by atoms with Crippen LogP contribution in [0.5, 0.6) is 0 Å². The van der Waals surface area contributed by atoms with Crippen molar-refractivity contribution in [2.45, 2.75) is 52.0 Å². The van der Waals surface area contributed by atoms with Crippen molar-refractivity contribution in [2.24, 2.45) is 0 Å². The van der Waals surface area contributed by atoms with Crippen LogP contribution in [0.1, 0.15) is 56.2 Å². The van der Waals surface area contributed by atoms with E-state index in [2.05, 4.69) is 17.9 Å². The summed E-state index contributed by atoms with van der Waals surface area (Å²) in [6.07, 6.45) is 8.01. The largest absolute Gasteiger partial charge is 0.356 e. The maximum Gasteiger partial charge on any atom is 0.219 e. The second-order valence-corrected chi connectivity index (χ2v) is 6.33. The van der Waals surface area contributed by atoms with Crippen LogP contribution in [0.2, 0.25) is 0 Å². The molecule has 2 saturated heterocycles. The van der Waals surface area contributed by atoms with Crippen molar-refractivity contribution in [3.63, 3.8) is 0 Å². The summed E-state index contributed by atoms with van der Waals surface area (Å²) >= 11 is 0. The highest BCUT2D eigenvalue weighted by molar-refractivity contribution is 5.74. The molecule has 0 radical (unpaired) electrons. The van der Waals surface area contributed by atoms with E-state index in [-0.39, 0.29) is 11.9 Å². The third-order valence-corrected chi connectivity index (χ3v) is 4.77. The zero-order valence-electron chi connectivity index (χ0n) is 13.1. The van der Waals surface area contributed by atoms with Gasteiger partial charge in [0.1, 0.15) is 5.82 Å². The van der Waals surface area contributed by atoms with Gasteiger partial charge in [-0.1, -0.05) is 0 Å². The molecule has 2 aliphatic heterocycles. The Hall–Kier alpha value is -1.58. The third-order valence-electron chi connectivity index (χ3n) is 4.77. The topological polar surface area (TPSA) is 36.4 Å². The van der Waals surface area contributed by atoms with Crippen LogP contribution < -0.4 is 4.90 Å². The lowest BCUT2D eigenvalue weighted by molar-refractivity contribution is -0.129. The van der Waals surface area contributed by atoms with Gasteiger partial charge in [-0.3, -0.25) is 4.79 Å². The molecule has 0 aromatic carbocycles. The average Bonchev–Trinajstić information content (AvgIpc) is 2.97. The van der Waals surface area contributed by atoms with Gasteiger partial charge >= 0.3 is 0 Å². The molecule has 21 heavy (non-hydrogen) atoms. The van der Waals surface area contributed by atoms with Gasteiger partial charge in [0.05, 0.1) is 6.04 Å². The summed E-state index contributed by atoms with van der Waals surface area (Å²) in [7, 11) is 0. The minimum Gasteiger partial charge on any atom is -0.356 e. The van der Waals surface area contributed by atoms with Crippen LogP contribution in [0.4, 0.5) is 5.82 Å². The molecule has 1 aromatic heterocycles. The lowest BCUT2D eigenvalue weighted by Gasteiger charge is -2.30. The molecule has 3 rings (SSSR count). The number of carbonyl (C=O) groups excluding carboxylic acids is 1. The van der Waals surface area contributed by atoms with E-state index in [1.807, 2.05) is 11.1 Å². The molecule has 0 saturated carbocycles. The van der Waals surface area contributed by atoms with E-state index in [1.165, 1.54) is 30.4 Å². The summed E-state index contributed by atoms with van der Waals surface area (Å²) in [4.78, 5) is 20.8. The van der Waals surface area contributed by atoms with Crippen LogP contribution in [0.25, 0.3) is 0 Å². The summed E-state index contributed by atoms with van der Waals surface area (Å²) in [5.74, 6) is 1.31. The van der Waals surface area contributed by atoms with Crippen LogP contribution in [0.15, 0.2) is 12.3 Å². The van der Waals surface area contributed by atoms with Crippen LogP contribution in [-0.4, -0.2) is 35.4 Å². The zero-order chi connectivity index (χ0) is 14.8. The molecule has 0 aliphatic carbocycles. The first kappa shape index (κ1) is 14.4. The first-order valence-corrected chi connectivity index (χ1v) is 8.15. The van der Waals surface area contributed by atoms with E-state index in [0.717, 1.165) is 38.3 Å². The van der Waals surface area contributed by atoms with Gasteiger partial charge < -0.3 is 9.80 Å². The molecule has 0 spiro atoms. The molecule has 4 nitrogen and oxygen atoms in total. The van der Waals surface area contributed by atoms with Crippen molar-refractivity contribution in [3.05, 3.63) is 23.4 Å². The van der Waals surface area contributed by atoms with Gasteiger partial charge in [0.15, 0.2) is 0 Å². The molecule has 0 N–H and O–H groups in total. The molecule has 1 amide bonds. The monoisotopic (exact) mass is 287 g/mol. The lowest BCUT2D eigenvalue weighted by Crippen LogP contribution is -2.31. The second kappa shape index (κ2) is 6.04. The summed E-state index contributed by atoms with van der Waals surface area (Å²) in [6.45, 7) is 6.94. The Morgan fingerprint density at radius 2 is 1.95 bits per heavy atom. The average molecular weight is 287 g/mol. The number of rotatable bonds is 2. The van der Waals surface area contributed by atoms with Gasteiger partial charge in [-0.05, 0) is 56.2 Å². The van der Waals surface area contributed by atoms with Crippen molar-refractivity contribution in [1.82, 2.24) is 9.88 Å². The Labute approximate surface area is 127 Å². The number of amides is 1. The molecule has 3 heterocycles. The normalized spacial score (nSPS) is 22.7. The SMILES string of the molecule is CC(=O)N1CCCC1c1cnc(N2CCCCC2)c(C)c1. The fourth-order valence-corrected chi connectivity index (χ4v) is 3.70. The second-order valence-electron chi connectivity index (χ2n) is 6.33.